The Morgan fingerprint density at radius 1 is 1.42 bits per heavy atom. The highest BCUT2D eigenvalue weighted by molar-refractivity contribution is 5.96. The van der Waals surface area contributed by atoms with E-state index in [0.29, 0.717) is 18.7 Å². The van der Waals surface area contributed by atoms with Crippen molar-refractivity contribution in [1.29, 1.82) is 0 Å². The van der Waals surface area contributed by atoms with Gasteiger partial charge in [0.2, 0.25) is 5.88 Å². The Labute approximate surface area is 139 Å². The quantitative estimate of drug-likeness (QED) is 0.688. The molecule has 8 nitrogen and oxygen atoms in total. The zero-order valence-corrected chi connectivity index (χ0v) is 13.6. The molecule has 2 aromatic heterocycles. The molecule has 3 rings (SSSR count). The van der Waals surface area contributed by atoms with Gasteiger partial charge >= 0.3 is 0 Å². The van der Waals surface area contributed by atoms with Crippen molar-refractivity contribution in [2.45, 2.75) is 6.92 Å². The minimum atomic E-state index is -0.602. The molecule has 24 heavy (non-hydrogen) atoms. The van der Waals surface area contributed by atoms with Gasteiger partial charge in [-0.1, -0.05) is 0 Å². The van der Waals surface area contributed by atoms with E-state index in [1.807, 2.05) is 6.92 Å². The average molecular weight is 331 g/mol. The number of fused-ring (bicyclic) bond motifs is 1. The molecule has 0 radical (unpaired) electrons. The van der Waals surface area contributed by atoms with Crippen LogP contribution in [0.1, 0.15) is 15.9 Å². The van der Waals surface area contributed by atoms with E-state index >= 15 is 0 Å². The number of aromatic hydroxyl groups is 1. The van der Waals surface area contributed by atoms with E-state index in [-0.39, 0.29) is 5.56 Å². The van der Waals surface area contributed by atoms with Crippen LogP contribution in [0.3, 0.4) is 0 Å². The van der Waals surface area contributed by atoms with Gasteiger partial charge in [0.05, 0.1) is 0 Å². The lowest BCUT2D eigenvalue weighted by Crippen LogP contribution is -2.46. The molecule has 1 aliphatic heterocycles. The van der Waals surface area contributed by atoms with Gasteiger partial charge in [-0.3, -0.25) is 18.9 Å². The minimum Gasteiger partial charge on any atom is -0.493 e. The third kappa shape index (κ3) is 3.39. The molecule has 128 valence electrons. The molecule has 3 N–H and O–H groups in total. The molecule has 0 spiro atoms. The number of piperazine rings is 1. The van der Waals surface area contributed by atoms with Crippen LogP contribution in [0, 0.1) is 6.92 Å². The van der Waals surface area contributed by atoms with Crippen LogP contribution in [0.5, 0.6) is 5.88 Å². The molecule has 2 aromatic rings. The SMILES string of the molecule is Cc1ccn2c(=O)c(C(=O)NCCN3CCNCC3)c(O)nc2c1. The maximum absolute atomic E-state index is 12.5. The van der Waals surface area contributed by atoms with Gasteiger partial charge < -0.3 is 15.7 Å². The van der Waals surface area contributed by atoms with Gasteiger partial charge in [-0.15, -0.1) is 0 Å². The predicted molar refractivity (Wildman–Crippen MR) is 89.5 cm³/mol. The summed E-state index contributed by atoms with van der Waals surface area (Å²) in [4.78, 5) is 30.9. The van der Waals surface area contributed by atoms with Crippen LogP contribution in [0.2, 0.25) is 0 Å². The van der Waals surface area contributed by atoms with Crippen molar-refractivity contribution in [2.75, 3.05) is 39.3 Å². The number of nitrogens with one attached hydrogen (secondary N) is 2. The molecule has 0 atom stereocenters. The maximum Gasteiger partial charge on any atom is 0.274 e. The van der Waals surface area contributed by atoms with Crippen LogP contribution in [-0.2, 0) is 0 Å². The summed E-state index contributed by atoms with van der Waals surface area (Å²) in [6, 6.07) is 3.42. The van der Waals surface area contributed by atoms with Crippen molar-refractivity contribution < 1.29 is 9.90 Å². The summed E-state index contributed by atoms with van der Waals surface area (Å²) in [6.45, 7) is 6.71. The third-order valence-electron chi connectivity index (χ3n) is 4.12. The number of carbonyl (C=O) groups excluding carboxylic acids is 1. The lowest BCUT2D eigenvalue weighted by molar-refractivity contribution is 0.0942. The zero-order chi connectivity index (χ0) is 17.1. The fourth-order valence-corrected chi connectivity index (χ4v) is 2.78. The standard InChI is InChI=1S/C16H21N5O3/c1-11-2-6-21-12(10-11)19-15(23)13(16(21)24)14(22)18-5-9-20-7-3-17-4-8-20/h2,6,10,17,23H,3-5,7-9H2,1H3,(H,18,22). The number of pyridine rings is 1. The van der Waals surface area contributed by atoms with Crippen LogP contribution in [-0.4, -0.2) is 64.6 Å². The molecule has 0 aliphatic carbocycles. The van der Waals surface area contributed by atoms with Gasteiger partial charge in [-0.25, -0.2) is 0 Å². The Bertz CT molecular complexity index is 811. The highest BCUT2D eigenvalue weighted by atomic mass is 16.3. The minimum absolute atomic E-state index is 0.315. The van der Waals surface area contributed by atoms with Crippen LogP contribution >= 0.6 is 0 Å². The van der Waals surface area contributed by atoms with Crippen molar-refractivity contribution in [3.05, 3.63) is 39.8 Å². The topological polar surface area (TPSA) is 99.0 Å². The smallest absolute Gasteiger partial charge is 0.274 e. The number of nitrogens with zero attached hydrogens (tertiary/aromatic N) is 3. The monoisotopic (exact) mass is 331 g/mol. The number of aromatic nitrogens is 2. The maximum atomic E-state index is 12.5. The summed E-state index contributed by atoms with van der Waals surface area (Å²) in [7, 11) is 0. The molecule has 0 bridgehead atoms. The number of aryl methyl sites for hydroxylation is 1. The van der Waals surface area contributed by atoms with Gasteiger partial charge in [0.15, 0.2) is 5.56 Å². The van der Waals surface area contributed by atoms with Crippen LogP contribution in [0.15, 0.2) is 23.1 Å². The Morgan fingerprint density at radius 2 is 2.17 bits per heavy atom. The number of hydrogen-bond acceptors (Lipinski definition) is 6. The molecule has 3 heterocycles. The second kappa shape index (κ2) is 6.98. The van der Waals surface area contributed by atoms with E-state index in [0.717, 1.165) is 31.7 Å². The fourth-order valence-electron chi connectivity index (χ4n) is 2.78. The first-order valence-electron chi connectivity index (χ1n) is 7.99. The molecular weight excluding hydrogens is 310 g/mol. The summed E-state index contributed by atoms with van der Waals surface area (Å²) >= 11 is 0. The first-order valence-corrected chi connectivity index (χ1v) is 7.99. The Kier molecular flexibility index (Phi) is 4.77. The first kappa shape index (κ1) is 16.4. The van der Waals surface area contributed by atoms with Crippen LogP contribution < -0.4 is 16.2 Å². The summed E-state index contributed by atoms with van der Waals surface area (Å²) in [5, 5.41) is 15.9. The van der Waals surface area contributed by atoms with Gasteiger partial charge in [-0.05, 0) is 24.6 Å². The Hall–Kier alpha value is -2.45. The number of amides is 1. The summed E-state index contributed by atoms with van der Waals surface area (Å²) in [5.74, 6) is -1.14. The zero-order valence-electron chi connectivity index (χ0n) is 13.6. The second-order valence-electron chi connectivity index (χ2n) is 5.90. The molecule has 1 fully saturated rings. The molecule has 1 aliphatic rings. The van der Waals surface area contributed by atoms with E-state index in [1.54, 1.807) is 18.3 Å². The summed E-state index contributed by atoms with van der Waals surface area (Å²) in [6.07, 6.45) is 1.55. The van der Waals surface area contributed by atoms with Crippen molar-refractivity contribution in [3.63, 3.8) is 0 Å². The highest BCUT2D eigenvalue weighted by Gasteiger charge is 2.20. The third-order valence-corrected chi connectivity index (χ3v) is 4.12. The molecular formula is C16H21N5O3. The predicted octanol–water partition coefficient (Wildman–Crippen LogP) is -0.656. The Morgan fingerprint density at radius 3 is 2.92 bits per heavy atom. The van der Waals surface area contributed by atoms with Crippen LogP contribution in [0.4, 0.5) is 0 Å². The van der Waals surface area contributed by atoms with Crippen molar-refractivity contribution in [3.8, 4) is 5.88 Å². The lowest BCUT2D eigenvalue weighted by Gasteiger charge is -2.27. The summed E-state index contributed by atoms with van der Waals surface area (Å²) in [5.41, 5.74) is 0.332. The molecule has 1 amide bonds. The van der Waals surface area contributed by atoms with Crippen molar-refractivity contribution >= 4 is 11.6 Å². The molecule has 0 saturated carbocycles. The van der Waals surface area contributed by atoms with E-state index in [2.05, 4.69) is 20.5 Å². The number of carbonyl (C=O) groups is 1. The van der Waals surface area contributed by atoms with Gasteiger partial charge in [-0.2, -0.15) is 4.98 Å². The summed E-state index contributed by atoms with van der Waals surface area (Å²) < 4.78 is 1.26. The molecule has 1 saturated heterocycles. The fraction of sp³-hybridized carbons (Fsp3) is 0.438. The Balaban J connectivity index is 1.74. The van der Waals surface area contributed by atoms with Crippen molar-refractivity contribution in [1.82, 2.24) is 24.9 Å². The van der Waals surface area contributed by atoms with Gasteiger partial charge in [0.1, 0.15) is 5.65 Å². The van der Waals surface area contributed by atoms with Gasteiger partial charge in [0.25, 0.3) is 11.5 Å². The van der Waals surface area contributed by atoms with Crippen molar-refractivity contribution in [2.24, 2.45) is 0 Å². The van der Waals surface area contributed by atoms with Gasteiger partial charge in [0, 0.05) is 45.5 Å². The van der Waals surface area contributed by atoms with E-state index < -0.39 is 17.3 Å². The van der Waals surface area contributed by atoms with E-state index in [4.69, 9.17) is 0 Å². The highest BCUT2D eigenvalue weighted by Crippen LogP contribution is 2.12. The largest absolute Gasteiger partial charge is 0.493 e. The lowest BCUT2D eigenvalue weighted by atomic mass is 10.2. The van der Waals surface area contributed by atoms with E-state index in [9.17, 15) is 14.7 Å². The number of hydrogen-bond donors (Lipinski definition) is 3. The van der Waals surface area contributed by atoms with E-state index in [1.165, 1.54) is 4.40 Å². The first-order chi connectivity index (χ1) is 11.6. The van der Waals surface area contributed by atoms with Crippen LogP contribution in [0.25, 0.3) is 5.65 Å². The normalized spacial score (nSPS) is 15.5. The average Bonchev–Trinajstić information content (AvgIpc) is 2.55. The molecule has 0 aromatic carbocycles. The molecule has 8 heteroatoms. The molecule has 0 unspecified atom stereocenters. The number of rotatable bonds is 4. The second-order valence-corrected chi connectivity index (χ2v) is 5.90.